The van der Waals surface area contributed by atoms with E-state index in [-0.39, 0.29) is 5.54 Å². The smallest absolute Gasteiger partial charge is 0.172 e. The fourth-order valence-electron chi connectivity index (χ4n) is 3.48. The monoisotopic (exact) mass is 355 g/mol. The van der Waals surface area contributed by atoms with Crippen LogP contribution in [0.1, 0.15) is 43.9 Å². The van der Waals surface area contributed by atoms with Gasteiger partial charge in [-0.3, -0.25) is 0 Å². The SMILES string of the molecule is CCOc1ccc(C2(NC(=S)Nc3cccc(C)n3)CCCC2)cc1. The van der Waals surface area contributed by atoms with Crippen LogP contribution in [0, 0.1) is 6.92 Å². The summed E-state index contributed by atoms with van der Waals surface area (Å²) in [5.74, 6) is 1.68. The highest BCUT2D eigenvalue weighted by molar-refractivity contribution is 7.80. The fourth-order valence-corrected chi connectivity index (χ4v) is 3.78. The zero-order valence-electron chi connectivity index (χ0n) is 14.8. The third kappa shape index (κ3) is 4.28. The lowest BCUT2D eigenvalue weighted by atomic mass is 9.88. The van der Waals surface area contributed by atoms with Gasteiger partial charge < -0.3 is 15.4 Å². The van der Waals surface area contributed by atoms with Crippen LogP contribution in [0.4, 0.5) is 5.82 Å². The first-order chi connectivity index (χ1) is 12.1. The molecule has 25 heavy (non-hydrogen) atoms. The van der Waals surface area contributed by atoms with Gasteiger partial charge >= 0.3 is 0 Å². The zero-order valence-corrected chi connectivity index (χ0v) is 15.7. The van der Waals surface area contributed by atoms with E-state index in [9.17, 15) is 0 Å². The fraction of sp³-hybridized carbons (Fsp3) is 0.400. The molecule has 5 heteroatoms. The van der Waals surface area contributed by atoms with Gasteiger partial charge in [0, 0.05) is 5.69 Å². The van der Waals surface area contributed by atoms with Crippen LogP contribution >= 0.6 is 12.2 Å². The van der Waals surface area contributed by atoms with E-state index >= 15 is 0 Å². The molecule has 0 atom stereocenters. The number of benzene rings is 1. The van der Waals surface area contributed by atoms with E-state index in [1.165, 1.54) is 18.4 Å². The highest BCUT2D eigenvalue weighted by Gasteiger charge is 2.36. The first kappa shape index (κ1) is 17.7. The first-order valence-corrected chi connectivity index (χ1v) is 9.28. The number of hydrogen-bond donors (Lipinski definition) is 2. The largest absolute Gasteiger partial charge is 0.494 e. The molecule has 4 nitrogen and oxygen atoms in total. The molecular weight excluding hydrogens is 330 g/mol. The van der Waals surface area contributed by atoms with Gasteiger partial charge in [-0.1, -0.05) is 31.0 Å². The van der Waals surface area contributed by atoms with Crippen LogP contribution in [0.5, 0.6) is 5.75 Å². The average Bonchev–Trinajstić information content (AvgIpc) is 3.05. The van der Waals surface area contributed by atoms with Gasteiger partial charge in [0.2, 0.25) is 0 Å². The van der Waals surface area contributed by atoms with Crippen molar-refractivity contribution in [3.05, 3.63) is 53.7 Å². The van der Waals surface area contributed by atoms with Crippen LogP contribution in [-0.2, 0) is 5.54 Å². The Bertz CT molecular complexity index is 724. The van der Waals surface area contributed by atoms with Gasteiger partial charge in [0.05, 0.1) is 12.1 Å². The van der Waals surface area contributed by atoms with Gasteiger partial charge in [-0.15, -0.1) is 0 Å². The number of hydrogen-bond acceptors (Lipinski definition) is 3. The van der Waals surface area contributed by atoms with Gasteiger partial charge in [-0.25, -0.2) is 4.98 Å². The van der Waals surface area contributed by atoms with Crippen LogP contribution in [0.15, 0.2) is 42.5 Å². The van der Waals surface area contributed by atoms with Crippen molar-refractivity contribution in [2.24, 2.45) is 0 Å². The summed E-state index contributed by atoms with van der Waals surface area (Å²) in [5, 5.41) is 7.41. The quantitative estimate of drug-likeness (QED) is 0.771. The predicted molar refractivity (Wildman–Crippen MR) is 106 cm³/mol. The van der Waals surface area contributed by atoms with Crippen molar-refractivity contribution in [3.8, 4) is 5.75 Å². The van der Waals surface area contributed by atoms with Crippen molar-refractivity contribution in [1.29, 1.82) is 0 Å². The third-order valence-corrected chi connectivity index (χ3v) is 4.86. The lowest BCUT2D eigenvalue weighted by Gasteiger charge is -2.32. The van der Waals surface area contributed by atoms with Gasteiger partial charge in [-0.2, -0.15) is 0 Å². The summed E-state index contributed by atoms with van der Waals surface area (Å²) in [6, 6.07) is 14.3. The van der Waals surface area contributed by atoms with Crippen LogP contribution < -0.4 is 15.4 Å². The van der Waals surface area contributed by atoms with E-state index in [0.717, 1.165) is 30.1 Å². The van der Waals surface area contributed by atoms with Crippen LogP contribution in [0.25, 0.3) is 0 Å². The lowest BCUT2D eigenvalue weighted by molar-refractivity contribution is 0.339. The highest BCUT2D eigenvalue weighted by Crippen LogP contribution is 2.39. The Morgan fingerprint density at radius 1 is 1.16 bits per heavy atom. The molecule has 1 fully saturated rings. The number of rotatable bonds is 5. The van der Waals surface area contributed by atoms with E-state index in [4.69, 9.17) is 17.0 Å². The molecule has 0 radical (unpaired) electrons. The zero-order chi connectivity index (χ0) is 17.7. The number of aryl methyl sites for hydroxylation is 1. The average molecular weight is 356 g/mol. The number of ether oxygens (including phenoxy) is 1. The van der Waals surface area contributed by atoms with Crippen molar-refractivity contribution >= 4 is 23.1 Å². The molecule has 0 bridgehead atoms. The maximum atomic E-state index is 5.57. The minimum Gasteiger partial charge on any atom is -0.494 e. The number of pyridine rings is 1. The molecule has 0 aliphatic heterocycles. The van der Waals surface area contributed by atoms with E-state index in [1.54, 1.807) is 0 Å². The summed E-state index contributed by atoms with van der Waals surface area (Å²) < 4.78 is 5.56. The summed E-state index contributed by atoms with van der Waals surface area (Å²) in [4.78, 5) is 4.46. The molecule has 0 spiro atoms. The summed E-state index contributed by atoms with van der Waals surface area (Å²) in [7, 11) is 0. The van der Waals surface area contributed by atoms with E-state index < -0.39 is 0 Å². The number of anilines is 1. The van der Waals surface area contributed by atoms with E-state index in [2.05, 4.69) is 27.8 Å². The second-order valence-corrected chi connectivity index (χ2v) is 6.90. The third-order valence-electron chi connectivity index (χ3n) is 4.66. The van der Waals surface area contributed by atoms with Crippen molar-refractivity contribution in [2.45, 2.75) is 45.1 Å². The summed E-state index contributed by atoms with van der Waals surface area (Å²) in [6.45, 7) is 4.65. The van der Waals surface area contributed by atoms with Gasteiger partial charge in [-0.05, 0) is 68.7 Å². The molecule has 1 aromatic carbocycles. The molecule has 2 aromatic rings. The second kappa shape index (κ2) is 7.83. The Kier molecular flexibility index (Phi) is 5.53. The minimum atomic E-state index is -0.112. The van der Waals surface area contributed by atoms with Gasteiger partial charge in [0.25, 0.3) is 0 Å². The first-order valence-electron chi connectivity index (χ1n) is 8.87. The normalized spacial score (nSPS) is 15.6. The van der Waals surface area contributed by atoms with Crippen molar-refractivity contribution in [1.82, 2.24) is 10.3 Å². The lowest BCUT2D eigenvalue weighted by Crippen LogP contribution is -2.45. The van der Waals surface area contributed by atoms with E-state index in [0.29, 0.717) is 11.7 Å². The molecule has 1 heterocycles. The summed E-state index contributed by atoms with van der Waals surface area (Å²) in [5.41, 5.74) is 2.11. The number of aromatic nitrogens is 1. The number of nitrogens with one attached hydrogen (secondary N) is 2. The van der Waals surface area contributed by atoms with Crippen LogP contribution in [0.2, 0.25) is 0 Å². The maximum absolute atomic E-state index is 5.57. The highest BCUT2D eigenvalue weighted by atomic mass is 32.1. The molecule has 0 amide bonds. The van der Waals surface area contributed by atoms with E-state index in [1.807, 2.05) is 44.2 Å². The molecule has 2 N–H and O–H groups in total. The number of thiocarbonyl (C=S) groups is 1. The van der Waals surface area contributed by atoms with Crippen molar-refractivity contribution in [2.75, 3.05) is 11.9 Å². The predicted octanol–water partition coefficient (Wildman–Crippen LogP) is 4.54. The standard InChI is InChI=1S/C20H25N3OS/c1-3-24-17-11-9-16(10-12-17)20(13-4-5-14-20)23-19(25)22-18-8-6-7-15(2)21-18/h6-12H,3-5,13-14H2,1-2H3,(H2,21,22,23,25). The Labute approximate surface area is 155 Å². The molecule has 1 aliphatic rings. The second-order valence-electron chi connectivity index (χ2n) is 6.49. The Hall–Kier alpha value is -2.14. The van der Waals surface area contributed by atoms with Crippen LogP contribution in [-0.4, -0.2) is 16.7 Å². The molecule has 132 valence electrons. The topological polar surface area (TPSA) is 46.2 Å². The number of nitrogens with zero attached hydrogens (tertiary/aromatic N) is 1. The minimum absolute atomic E-state index is 0.112. The molecule has 3 rings (SSSR count). The van der Waals surface area contributed by atoms with Crippen molar-refractivity contribution in [3.63, 3.8) is 0 Å². The molecule has 0 unspecified atom stereocenters. The van der Waals surface area contributed by atoms with Gasteiger partial charge in [0.1, 0.15) is 11.6 Å². The molecule has 0 saturated heterocycles. The molecule has 1 aromatic heterocycles. The molecule has 1 aliphatic carbocycles. The summed E-state index contributed by atoms with van der Waals surface area (Å²) >= 11 is 5.57. The van der Waals surface area contributed by atoms with Crippen LogP contribution in [0.3, 0.4) is 0 Å². The van der Waals surface area contributed by atoms with Gasteiger partial charge in [0.15, 0.2) is 5.11 Å². The molecule has 1 saturated carbocycles. The Morgan fingerprint density at radius 3 is 2.52 bits per heavy atom. The summed E-state index contributed by atoms with van der Waals surface area (Å²) in [6.07, 6.45) is 4.55. The molecular formula is C20H25N3OS. The Morgan fingerprint density at radius 2 is 1.88 bits per heavy atom. The van der Waals surface area contributed by atoms with Crippen molar-refractivity contribution < 1.29 is 4.74 Å². The Balaban J connectivity index is 1.74. The maximum Gasteiger partial charge on any atom is 0.172 e.